The maximum Gasteiger partial charge on any atom is 0.157 e. The van der Waals surface area contributed by atoms with Crippen LogP contribution in [0.4, 0.5) is 11.5 Å². The largest absolute Gasteiger partial charge is 0.393 e. The van der Waals surface area contributed by atoms with Gasteiger partial charge in [-0.3, -0.25) is 0 Å². The first kappa shape index (κ1) is 14.0. The van der Waals surface area contributed by atoms with E-state index in [4.69, 9.17) is 17.3 Å². The second kappa shape index (κ2) is 6.64. The summed E-state index contributed by atoms with van der Waals surface area (Å²) < 4.78 is 0. The summed E-state index contributed by atoms with van der Waals surface area (Å²) >= 11 is 5.92. The predicted molar refractivity (Wildman–Crippen MR) is 73.5 cm³/mol. The number of halogens is 1. The van der Waals surface area contributed by atoms with Crippen LogP contribution in [-0.2, 0) is 0 Å². The molecule has 4 nitrogen and oxygen atoms in total. The van der Waals surface area contributed by atoms with E-state index in [2.05, 4.69) is 35.6 Å². The molecule has 0 unspecified atom stereocenters. The van der Waals surface area contributed by atoms with Gasteiger partial charge in [0.05, 0.1) is 0 Å². The number of unbranched alkanes of at least 4 members (excludes halogenated alkanes) is 2. The van der Waals surface area contributed by atoms with Crippen LogP contribution in [0.5, 0.6) is 0 Å². The van der Waals surface area contributed by atoms with E-state index in [1.165, 1.54) is 19.2 Å². The van der Waals surface area contributed by atoms with Crippen LogP contribution in [0.3, 0.4) is 0 Å². The highest BCUT2D eigenvalue weighted by atomic mass is 35.5. The second-order valence-electron chi connectivity index (χ2n) is 4.40. The van der Waals surface area contributed by atoms with Gasteiger partial charge >= 0.3 is 0 Å². The van der Waals surface area contributed by atoms with Crippen molar-refractivity contribution < 1.29 is 0 Å². The highest BCUT2D eigenvalue weighted by Crippen LogP contribution is 2.27. The number of hydrogen-bond acceptors (Lipinski definition) is 4. The molecule has 0 spiro atoms. The van der Waals surface area contributed by atoms with Crippen molar-refractivity contribution in [3.8, 4) is 0 Å². The zero-order valence-corrected chi connectivity index (χ0v) is 11.5. The van der Waals surface area contributed by atoms with Crippen LogP contribution < -0.4 is 10.6 Å². The van der Waals surface area contributed by atoms with Gasteiger partial charge in [-0.2, -0.15) is 0 Å². The average molecular weight is 257 g/mol. The quantitative estimate of drug-likeness (QED) is 0.628. The van der Waals surface area contributed by atoms with Crippen molar-refractivity contribution in [3.05, 3.63) is 11.5 Å². The van der Waals surface area contributed by atoms with Gasteiger partial charge in [-0.1, -0.05) is 31.4 Å². The molecular weight excluding hydrogens is 236 g/mol. The lowest BCUT2D eigenvalue weighted by Crippen LogP contribution is -2.33. The third-order valence-electron chi connectivity index (χ3n) is 2.71. The van der Waals surface area contributed by atoms with E-state index in [1.807, 2.05) is 0 Å². The lowest BCUT2D eigenvalue weighted by atomic mass is 10.2. The maximum atomic E-state index is 5.93. The van der Waals surface area contributed by atoms with Gasteiger partial charge in [0.1, 0.15) is 12.0 Å². The van der Waals surface area contributed by atoms with Gasteiger partial charge in [0, 0.05) is 12.6 Å². The minimum Gasteiger partial charge on any atom is -0.393 e. The molecule has 0 saturated carbocycles. The Labute approximate surface area is 108 Å². The van der Waals surface area contributed by atoms with Crippen LogP contribution in [0.25, 0.3) is 0 Å². The summed E-state index contributed by atoms with van der Waals surface area (Å²) in [6, 6.07) is 0.347. The van der Waals surface area contributed by atoms with Gasteiger partial charge in [0.2, 0.25) is 0 Å². The first-order valence-electron chi connectivity index (χ1n) is 6.10. The Kier molecular flexibility index (Phi) is 5.48. The summed E-state index contributed by atoms with van der Waals surface area (Å²) in [4.78, 5) is 10.3. The number of rotatable bonds is 6. The van der Waals surface area contributed by atoms with Gasteiger partial charge in [0.25, 0.3) is 0 Å². The Morgan fingerprint density at radius 2 is 2.06 bits per heavy atom. The molecule has 1 aromatic rings. The van der Waals surface area contributed by atoms with Crippen molar-refractivity contribution in [1.29, 1.82) is 0 Å². The van der Waals surface area contributed by atoms with Crippen molar-refractivity contribution in [3.63, 3.8) is 0 Å². The molecule has 0 radical (unpaired) electrons. The van der Waals surface area contributed by atoms with E-state index >= 15 is 0 Å². The molecule has 0 saturated heterocycles. The normalized spacial score (nSPS) is 10.9. The molecule has 0 bridgehead atoms. The van der Waals surface area contributed by atoms with Crippen LogP contribution in [0.2, 0.25) is 5.15 Å². The molecule has 17 heavy (non-hydrogen) atoms. The molecule has 1 rings (SSSR count). The van der Waals surface area contributed by atoms with Crippen LogP contribution in [0.1, 0.15) is 40.0 Å². The number of nitrogens with zero attached hydrogens (tertiary/aromatic N) is 3. The fourth-order valence-corrected chi connectivity index (χ4v) is 1.86. The summed E-state index contributed by atoms with van der Waals surface area (Å²) in [5.74, 6) is 0.746. The van der Waals surface area contributed by atoms with Crippen LogP contribution in [0, 0.1) is 0 Å². The summed E-state index contributed by atoms with van der Waals surface area (Å²) in [7, 11) is 0. The topological polar surface area (TPSA) is 55.0 Å². The molecule has 0 aromatic carbocycles. The van der Waals surface area contributed by atoms with E-state index in [9.17, 15) is 0 Å². The minimum atomic E-state index is 0.330. The molecule has 0 atom stereocenters. The van der Waals surface area contributed by atoms with Gasteiger partial charge in [-0.25, -0.2) is 9.97 Å². The van der Waals surface area contributed by atoms with Gasteiger partial charge in [-0.05, 0) is 20.3 Å². The summed E-state index contributed by atoms with van der Waals surface area (Å²) in [6.45, 7) is 7.39. The van der Waals surface area contributed by atoms with Crippen molar-refractivity contribution in [2.45, 2.75) is 46.1 Å². The fourth-order valence-electron chi connectivity index (χ4n) is 1.74. The molecule has 96 valence electrons. The molecule has 1 aromatic heterocycles. The van der Waals surface area contributed by atoms with E-state index in [-0.39, 0.29) is 0 Å². The standard InChI is InChI=1S/C12H21ClN4/c1-4-5-6-7-17(9(2)3)12-10(14)11(13)15-8-16-12/h8-9H,4-7,14H2,1-3H3. The first-order valence-corrected chi connectivity index (χ1v) is 6.48. The van der Waals surface area contributed by atoms with E-state index < -0.39 is 0 Å². The number of nitrogen functional groups attached to an aromatic ring is 1. The molecule has 0 aliphatic rings. The molecule has 0 aliphatic carbocycles. The number of anilines is 2. The van der Waals surface area contributed by atoms with Crippen LogP contribution in [0.15, 0.2) is 6.33 Å². The number of nitrogens with two attached hydrogens (primary N) is 1. The van der Waals surface area contributed by atoms with Crippen molar-refractivity contribution in [2.75, 3.05) is 17.2 Å². The van der Waals surface area contributed by atoms with Gasteiger partial charge in [0.15, 0.2) is 11.0 Å². The van der Waals surface area contributed by atoms with Gasteiger partial charge < -0.3 is 10.6 Å². The Bertz CT molecular complexity index is 354. The Morgan fingerprint density at radius 3 is 2.65 bits per heavy atom. The molecular formula is C12H21ClN4. The molecule has 0 fully saturated rings. The molecule has 5 heteroatoms. The lowest BCUT2D eigenvalue weighted by Gasteiger charge is -2.28. The lowest BCUT2D eigenvalue weighted by molar-refractivity contribution is 0.620. The van der Waals surface area contributed by atoms with E-state index in [0.29, 0.717) is 16.9 Å². The molecule has 0 aliphatic heterocycles. The molecule has 1 heterocycles. The number of hydrogen-bond donors (Lipinski definition) is 1. The van der Waals surface area contributed by atoms with E-state index in [0.717, 1.165) is 18.8 Å². The predicted octanol–water partition coefficient (Wildman–Crippen LogP) is 3.12. The van der Waals surface area contributed by atoms with E-state index in [1.54, 1.807) is 0 Å². The summed E-state index contributed by atoms with van der Waals surface area (Å²) in [5.41, 5.74) is 6.40. The average Bonchev–Trinajstić information content (AvgIpc) is 2.29. The minimum absolute atomic E-state index is 0.330. The van der Waals surface area contributed by atoms with Crippen molar-refractivity contribution in [2.24, 2.45) is 0 Å². The zero-order valence-electron chi connectivity index (χ0n) is 10.8. The molecule has 2 N–H and O–H groups in total. The summed E-state index contributed by atoms with van der Waals surface area (Å²) in [6.07, 6.45) is 5.01. The SMILES string of the molecule is CCCCCN(c1ncnc(Cl)c1N)C(C)C. The molecule has 0 amide bonds. The Hall–Kier alpha value is -1.03. The highest BCUT2D eigenvalue weighted by molar-refractivity contribution is 6.32. The second-order valence-corrected chi connectivity index (χ2v) is 4.75. The maximum absolute atomic E-state index is 5.93. The van der Waals surface area contributed by atoms with Gasteiger partial charge in [-0.15, -0.1) is 0 Å². The first-order chi connectivity index (χ1) is 8.07. The zero-order chi connectivity index (χ0) is 12.8. The van der Waals surface area contributed by atoms with Crippen molar-refractivity contribution >= 4 is 23.1 Å². The Balaban J connectivity index is 2.86. The summed E-state index contributed by atoms with van der Waals surface area (Å²) in [5, 5.41) is 0.330. The van der Waals surface area contributed by atoms with Crippen molar-refractivity contribution in [1.82, 2.24) is 9.97 Å². The third kappa shape index (κ3) is 3.73. The van der Waals surface area contributed by atoms with Crippen LogP contribution >= 0.6 is 11.6 Å². The monoisotopic (exact) mass is 256 g/mol. The smallest absolute Gasteiger partial charge is 0.157 e. The third-order valence-corrected chi connectivity index (χ3v) is 3.01. The van der Waals surface area contributed by atoms with Crippen LogP contribution in [-0.4, -0.2) is 22.6 Å². The fraction of sp³-hybridized carbons (Fsp3) is 0.667. The number of aromatic nitrogens is 2. The Morgan fingerprint density at radius 1 is 1.35 bits per heavy atom. The highest BCUT2D eigenvalue weighted by Gasteiger charge is 2.16.